The molecule has 0 aliphatic heterocycles. The third-order valence-corrected chi connectivity index (χ3v) is 5.50. The Labute approximate surface area is 224 Å². The van der Waals surface area contributed by atoms with Crippen LogP contribution >= 0.6 is 0 Å². The van der Waals surface area contributed by atoms with Crippen LogP contribution in [0.15, 0.2) is 0 Å². The molecular weight excluding hydrogens is 642 g/mol. The van der Waals surface area contributed by atoms with Gasteiger partial charge in [0.05, 0.1) is 0 Å². The molecule has 0 aromatic carbocycles. The summed E-state index contributed by atoms with van der Waals surface area (Å²) in [5.74, 6) is -41.7. The van der Waals surface area contributed by atoms with Crippen LogP contribution in [-0.4, -0.2) is 72.8 Å². The molecular formula is C20H22F18N2O2. The molecule has 2 N–H and O–H groups in total. The molecule has 0 atom stereocenters. The second-order valence-electron chi connectivity index (χ2n) is 8.82. The predicted octanol–water partition coefficient (Wildman–Crippen LogP) is 7.28. The van der Waals surface area contributed by atoms with Crippen molar-refractivity contribution in [2.24, 2.45) is 0 Å². The van der Waals surface area contributed by atoms with E-state index in [1.165, 1.54) is 0 Å². The van der Waals surface area contributed by atoms with E-state index < -0.39 is 98.5 Å². The molecule has 2 amide bonds. The largest absolute Gasteiger partial charge is 0.460 e. The Morgan fingerprint density at radius 1 is 0.405 bits per heavy atom. The van der Waals surface area contributed by atoms with Gasteiger partial charge in [-0.05, 0) is 12.8 Å². The third kappa shape index (κ3) is 9.09. The molecule has 0 aromatic rings. The molecule has 0 rings (SSSR count). The molecule has 42 heavy (non-hydrogen) atoms. The summed E-state index contributed by atoms with van der Waals surface area (Å²) < 4.78 is 229. The highest BCUT2D eigenvalue weighted by Crippen LogP contribution is 2.55. The first-order valence-electron chi connectivity index (χ1n) is 11.4. The van der Waals surface area contributed by atoms with Crippen LogP contribution in [0.25, 0.3) is 0 Å². The molecule has 250 valence electrons. The lowest BCUT2D eigenvalue weighted by molar-refractivity contribution is -0.396. The summed E-state index contributed by atoms with van der Waals surface area (Å²) in [5, 5.41) is 3.21. The Morgan fingerprint density at radius 2 is 0.667 bits per heavy atom. The fourth-order valence-electron chi connectivity index (χ4n) is 2.95. The molecule has 0 radical (unpaired) electrons. The summed E-state index contributed by atoms with van der Waals surface area (Å²) >= 11 is 0. The fraction of sp³-hybridized carbons (Fsp3) is 0.900. The Bertz CT molecular complexity index is 826. The van der Waals surface area contributed by atoms with Gasteiger partial charge in [0.15, 0.2) is 0 Å². The van der Waals surface area contributed by atoms with E-state index in [-0.39, 0.29) is 25.7 Å². The van der Waals surface area contributed by atoms with E-state index in [0.29, 0.717) is 0 Å². The first-order chi connectivity index (χ1) is 18.5. The molecule has 0 bridgehead atoms. The van der Waals surface area contributed by atoms with Gasteiger partial charge in [0, 0.05) is 38.8 Å². The standard InChI is InChI=1S/C20H22F18N2O2/c21-13(22,15(25,26)17(29,30)19(33,34)35)7-9-39-11(41)5-3-1-2-4-6-12(42)40-10-8-14(23,24)16(27,28)18(31,32)20(36,37)38/h1-10H2,(H,39,41)(H,40,42). The summed E-state index contributed by atoms with van der Waals surface area (Å²) in [5.41, 5.74) is 0. The Kier molecular flexibility index (Phi) is 12.8. The number of hydrogen-bond acceptors (Lipinski definition) is 2. The number of unbranched alkanes of at least 4 members (excludes halogenated alkanes) is 3. The van der Waals surface area contributed by atoms with E-state index in [0.717, 1.165) is 0 Å². The van der Waals surface area contributed by atoms with Gasteiger partial charge < -0.3 is 10.6 Å². The van der Waals surface area contributed by atoms with Crippen LogP contribution in [0.1, 0.15) is 51.4 Å². The van der Waals surface area contributed by atoms with Gasteiger partial charge in [-0.3, -0.25) is 9.59 Å². The minimum atomic E-state index is -7.07. The van der Waals surface area contributed by atoms with Gasteiger partial charge >= 0.3 is 47.9 Å². The monoisotopic (exact) mass is 664 g/mol. The molecule has 0 aliphatic carbocycles. The quantitative estimate of drug-likeness (QED) is 0.127. The zero-order valence-electron chi connectivity index (χ0n) is 20.7. The summed E-state index contributed by atoms with van der Waals surface area (Å²) in [6.07, 6.45) is -19.5. The maximum absolute atomic E-state index is 13.4. The summed E-state index contributed by atoms with van der Waals surface area (Å²) in [4.78, 5) is 23.0. The third-order valence-electron chi connectivity index (χ3n) is 5.50. The fourth-order valence-corrected chi connectivity index (χ4v) is 2.95. The predicted molar refractivity (Wildman–Crippen MR) is 105 cm³/mol. The van der Waals surface area contributed by atoms with Crippen molar-refractivity contribution in [2.45, 2.75) is 99.3 Å². The SMILES string of the molecule is O=C(CCCCCCC(=O)NCCC(F)(F)C(F)(F)C(F)(F)C(F)(F)F)NCCC(F)(F)C(F)(F)C(F)(F)C(F)(F)F. The molecule has 0 heterocycles. The smallest absolute Gasteiger partial charge is 0.356 e. The number of halogens is 18. The Balaban J connectivity index is 4.38. The van der Waals surface area contributed by atoms with Gasteiger partial charge in [0.2, 0.25) is 11.8 Å². The molecule has 0 aromatic heterocycles. The second kappa shape index (κ2) is 13.5. The van der Waals surface area contributed by atoms with Crippen molar-refractivity contribution in [1.82, 2.24) is 10.6 Å². The molecule has 0 saturated carbocycles. The number of amides is 2. The minimum Gasteiger partial charge on any atom is -0.356 e. The van der Waals surface area contributed by atoms with Crippen molar-refractivity contribution in [3.8, 4) is 0 Å². The van der Waals surface area contributed by atoms with E-state index in [9.17, 15) is 88.6 Å². The van der Waals surface area contributed by atoms with Crippen molar-refractivity contribution < 1.29 is 88.6 Å². The van der Waals surface area contributed by atoms with Gasteiger partial charge in [-0.2, -0.15) is 79.0 Å². The topological polar surface area (TPSA) is 58.2 Å². The van der Waals surface area contributed by atoms with Crippen LogP contribution in [-0.2, 0) is 9.59 Å². The molecule has 0 unspecified atom stereocenters. The van der Waals surface area contributed by atoms with E-state index in [2.05, 4.69) is 0 Å². The first-order valence-corrected chi connectivity index (χ1v) is 11.4. The lowest BCUT2D eigenvalue weighted by Gasteiger charge is -2.33. The molecule has 0 aliphatic rings. The lowest BCUT2D eigenvalue weighted by atomic mass is 10.0. The van der Waals surface area contributed by atoms with Gasteiger partial charge in [0.1, 0.15) is 0 Å². The van der Waals surface area contributed by atoms with Crippen LogP contribution < -0.4 is 10.6 Å². The Hall–Kier alpha value is -2.32. The average Bonchev–Trinajstić information content (AvgIpc) is 2.79. The number of alkyl halides is 18. The zero-order valence-corrected chi connectivity index (χ0v) is 20.7. The summed E-state index contributed by atoms with van der Waals surface area (Å²) in [7, 11) is 0. The first kappa shape index (κ1) is 39.7. The van der Waals surface area contributed by atoms with Gasteiger partial charge in [-0.25, -0.2) is 0 Å². The number of rotatable bonds is 17. The molecule has 22 heteroatoms. The van der Waals surface area contributed by atoms with E-state index in [1.807, 2.05) is 0 Å². The van der Waals surface area contributed by atoms with E-state index in [1.54, 1.807) is 10.6 Å². The Morgan fingerprint density at radius 3 is 0.905 bits per heavy atom. The van der Waals surface area contributed by atoms with Crippen molar-refractivity contribution in [3.05, 3.63) is 0 Å². The number of nitrogens with one attached hydrogen (secondary N) is 2. The van der Waals surface area contributed by atoms with Crippen LogP contribution in [0, 0.1) is 0 Å². The summed E-state index contributed by atoms with van der Waals surface area (Å²) in [6.45, 7) is -2.82. The maximum atomic E-state index is 13.4. The number of carbonyl (C=O) groups excluding carboxylic acids is 2. The highest BCUT2D eigenvalue weighted by Gasteiger charge is 2.82. The van der Waals surface area contributed by atoms with Crippen molar-refractivity contribution in [2.75, 3.05) is 13.1 Å². The second-order valence-corrected chi connectivity index (χ2v) is 8.82. The van der Waals surface area contributed by atoms with Gasteiger partial charge in [-0.1, -0.05) is 12.8 Å². The molecule has 4 nitrogen and oxygen atoms in total. The van der Waals surface area contributed by atoms with Crippen molar-refractivity contribution >= 4 is 11.8 Å². The van der Waals surface area contributed by atoms with Crippen LogP contribution in [0.3, 0.4) is 0 Å². The van der Waals surface area contributed by atoms with E-state index >= 15 is 0 Å². The molecule has 0 fully saturated rings. The summed E-state index contributed by atoms with van der Waals surface area (Å²) in [6, 6.07) is 0. The minimum absolute atomic E-state index is 0.0686. The highest BCUT2D eigenvalue weighted by molar-refractivity contribution is 5.76. The van der Waals surface area contributed by atoms with Crippen LogP contribution in [0.5, 0.6) is 0 Å². The lowest BCUT2D eigenvalue weighted by Crippen LogP contribution is -2.61. The highest BCUT2D eigenvalue weighted by atomic mass is 19.4. The molecule has 0 spiro atoms. The number of hydrogen-bond donors (Lipinski definition) is 2. The van der Waals surface area contributed by atoms with Crippen LogP contribution in [0.2, 0.25) is 0 Å². The van der Waals surface area contributed by atoms with Gasteiger partial charge in [0.25, 0.3) is 0 Å². The van der Waals surface area contributed by atoms with Crippen molar-refractivity contribution in [1.29, 1.82) is 0 Å². The molecule has 0 saturated heterocycles. The van der Waals surface area contributed by atoms with Gasteiger partial charge in [-0.15, -0.1) is 0 Å². The van der Waals surface area contributed by atoms with Crippen LogP contribution in [0.4, 0.5) is 79.0 Å². The van der Waals surface area contributed by atoms with E-state index in [4.69, 9.17) is 0 Å². The normalized spacial score (nSPS) is 14.6. The zero-order chi connectivity index (χ0) is 33.6. The van der Waals surface area contributed by atoms with Crippen molar-refractivity contribution in [3.63, 3.8) is 0 Å². The number of carbonyl (C=O) groups is 2. The maximum Gasteiger partial charge on any atom is 0.460 e. The average molecular weight is 664 g/mol.